The zero-order valence-electron chi connectivity index (χ0n) is 18.2. The number of nitrogen functional groups attached to an aromatic ring is 1. The molecule has 168 valence electrons. The van der Waals surface area contributed by atoms with Crippen LogP contribution >= 0.6 is 0 Å². The van der Waals surface area contributed by atoms with Crippen LogP contribution in [0.25, 0.3) is 39.0 Å². The lowest BCUT2D eigenvalue weighted by atomic mass is 10.0. The van der Waals surface area contributed by atoms with Gasteiger partial charge in [0.05, 0.1) is 11.0 Å². The molecule has 34 heavy (non-hydrogen) atoms. The quantitative estimate of drug-likeness (QED) is 0.319. The van der Waals surface area contributed by atoms with Gasteiger partial charge in [0.25, 0.3) is 0 Å². The van der Waals surface area contributed by atoms with Gasteiger partial charge in [-0.15, -0.1) is 0 Å². The molecular weight excluding hydrogens is 434 g/mol. The van der Waals surface area contributed by atoms with Crippen molar-refractivity contribution in [2.45, 2.75) is 6.92 Å². The Kier molecular flexibility index (Phi) is 5.30. The number of halogens is 2. The second-order valence-electron chi connectivity index (χ2n) is 8.01. The van der Waals surface area contributed by atoms with E-state index in [1.165, 1.54) is 19.1 Å². The first-order valence-electron chi connectivity index (χ1n) is 10.6. The largest absolute Gasteiger partial charge is 0.399 e. The van der Waals surface area contributed by atoms with Crippen molar-refractivity contribution in [2.24, 2.45) is 0 Å². The first kappa shape index (κ1) is 21.3. The number of hydrogen-bond donors (Lipinski definition) is 2. The predicted octanol–water partition coefficient (Wildman–Crippen LogP) is 6.18. The Morgan fingerprint density at radius 1 is 0.882 bits per heavy atom. The second-order valence-corrected chi connectivity index (χ2v) is 8.01. The molecule has 0 unspecified atom stereocenters. The zero-order chi connectivity index (χ0) is 23.8. The monoisotopic (exact) mass is 454 g/mol. The lowest BCUT2D eigenvalue weighted by Crippen LogP contribution is -2.07. The molecule has 0 saturated carbocycles. The van der Waals surface area contributed by atoms with Crippen molar-refractivity contribution in [3.63, 3.8) is 0 Å². The number of anilines is 2. The summed E-state index contributed by atoms with van der Waals surface area (Å²) in [4.78, 5) is 16.3. The number of nitrogens with zero attached hydrogens (tertiary/aromatic N) is 2. The van der Waals surface area contributed by atoms with E-state index in [1.54, 1.807) is 24.5 Å². The van der Waals surface area contributed by atoms with Gasteiger partial charge < -0.3 is 11.1 Å². The normalized spacial score (nSPS) is 11.0. The number of carbonyl (C=O) groups excluding carboxylic acids is 1. The van der Waals surface area contributed by atoms with Crippen LogP contribution in [0.4, 0.5) is 20.2 Å². The summed E-state index contributed by atoms with van der Waals surface area (Å²) < 4.78 is 29.8. The van der Waals surface area contributed by atoms with Crippen molar-refractivity contribution >= 4 is 28.3 Å². The van der Waals surface area contributed by atoms with Gasteiger partial charge in [-0.1, -0.05) is 18.2 Å². The smallest absolute Gasteiger partial charge is 0.221 e. The van der Waals surface area contributed by atoms with Crippen LogP contribution in [0.2, 0.25) is 0 Å². The number of nitrogens with one attached hydrogen (secondary N) is 1. The maximum atomic E-state index is 14.5. The van der Waals surface area contributed by atoms with Crippen LogP contribution < -0.4 is 11.1 Å². The van der Waals surface area contributed by atoms with Gasteiger partial charge in [0, 0.05) is 35.6 Å². The summed E-state index contributed by atoms with van der Waals surface area (Å²) in [6.07, 6.45) is 1.68. The second kappa shape index (κ2) is 8.44. The number of benzene rings is 4. The van der Waals surface area contributed by atoms with Crippen molar-refractivity contribution < 1.29 is 13.6 Å². The summed E-state index contributed by atoms with van der Waals surface area (Å²) in [5.74, 6) is -1.60. The molecule has 1 amide bonds. The summed E-state index contributed by atoms with van der Waals surface area (Å²) in [7, 11) is 0. The summed E-state index contributed by atoms with van der Waals surface area (Å²) >= 11 is 0. The highest BCUT2D eigenvalue weighted by molar-refractivity contribution is 5.91. The van der Waals surface area contributed by atoms with Gasteiger partial charge in [0.2, 0.25) is 5.91 Å². The topological polar surface area (TPSA) is 72.9 Å². The SMILES string of the molecule is CC(=O)Nc1cc(-c2ccc(F)cc2F)cc(-n2cnc3cc(-c4ccc(N)cc4)ccc32)c1. The first-order chi connectivity index (χ1) is 16.4. The molecule has 5 nitrogen and oxygen atoms in total. The standard InChI is InChI=1S/C27H20F2N4O/c1-16(34)32-22-10-19(24-8-5-20(28)13-25(24)29)11-23(14-22)33-15-31-26-12-18(4-9-27(26)33)17-2-6-21(30)7-3-17/h2-15H,30H2,1H3,(H,32,34). The van der Waals surface area contributed by atoms with Crippen LogP contribution in [0, 0.1) is 11.6 Å². The Hall–Kier alpha value is -4.52. The van der Waals surface area contributed by atoms with Gasteiger partial charge >= 0.3 is 0 Å². The first-order valence-corrected chi connectivity index (χ1v) is 10.6. The van der Waals surface area contributed by atoms with Crippen LogP contribution in [-0.4, -0.2) is 15.5 Å². The molecule has 1 aromatic heterocycles. The third kappa shape index (κ3) is 4.11. The van der Waals surface area contributed by atoms with Gasteiger partial charge in [-0.25, -0.2) is 13.8 Å². The predicted molar refractivity (Wildman–Crippen MR) is 131 cm³/mol. The number of amides is 1. The van der Waals surface area contributed by atoms with Crippen LogP contribution in [0.3, 0.4) is 0 Å². The van der Waals surface area contributed by atoms with E-state index >= 15 is 0 Å². The molecule has 0 aliphatic heterocycles. The van der Waals surface area contributed by atoms with Crippen LogP contribution in [0.15, 0.2) is 85.2 Å². The molecule has 0 saturated heterocycles. The molecule has 0 aliphatic carbocycles. The van der Waals surface area contributed by atoms with E-state index in [-0.39, 0.29) is 11.5 Å². The van der Waals surface area contributed by atoms with E-state index in [0.29, 0.717) is 22.6 Å². The van der Waals surface area contributed by atoms with Gasteiger partial charge in [0.15, 0.2) is 0 Å². The molecule has 7 heteroatoms. The number of nitrogens with two attached hydrogens (primary N) is 1. The minimum atomic E-state index is -0.686. The molecule has 3 N–H and O–H groups in total. The van der Waals surface area contributed by atoms with E-state index in [4.69, 9.17) is 5.73 Å². The zero-order valence-corrected chi connectivity index (χ0v) is 18.2. The van der Waals surface area contributed by atoms with E-state index in [1.807, 2.05) is 47.0 Å². The Bertz CT molecular complexity index is 1540. The minimum absolute atomic E-state index is 0.227. The highest BCUT2D eigenvalue weighted by Crippen LogP contribution is 2.31. The molecule has 0 aliphatic rings. The lowest BCUT2D eigenvalue weighted by molar-refractivity contribution is -0.114. The van der Waals surface area contributed by atoms with Crippen molar-refractivity contribution in [3.8, 4) is 27.9 Å². The number of fused-ring (bicyclic) bond motifs is 1. The van der Waals surface area contributed by atoms with E-state index in [2.05, 4.69) is 10.3 Å². The Morgan fingerprint density at radius 2 is 1.65 bits per heavy atom. The van der Waals surface area contributed by atoms with Gasteiger partial charge in [-0.2, -0.15) is 0 Å². The number of aromatic nitrogens is 2. The highest BCUT2D eigenvalue weighted by Gasteiger charge is 2.13. The summed E-state index contributed by atoms with van der Waals surface area (Å²) in [6.45, 7) is 1.40. The van der Waals surface area contributed by atoms with Gasteiger partial charge in [-0.3, -0.25) is 9.36 Å². The maximum absolute atomic E-state index is 14.5. The van der Waals surface area contributed by atoms with Crippen LogP contribution in [-0.2, 0) is 4.79 Å². The van der Waals surface area contributed by atoms with Gasteiger partial charge in [-0.05, 0) is 71.3 Å². The van der Waals surface area contributed by atoms with Crippen molar-refractivity contribution in [1.82, 2.24) is 9.55 Å². The molecule has 0 spiro atoms. The molecular formula is C27H20F2N4O. The molecule has 0 bridgehead atoms. The summed E-state index contributed by atoms with van der Waals surface area (Å²) in [6, 6.07) is 22.2. The lowest BCUT2D eigenvalue weighted by Gasteiger charge is -2.13. The minimum Gasteiger partial charge on any atom is -0.399 e. The molecule has 4 aromatic carbocycles. The van der Waals surface area contributed by atoms with E-state index in [9.17, 15) is 13.6 Å². The fourth-order valence-electron chi connectivity index (χ4n) is 3.98. The van der Waals surface area contributed by atoms with Crippen molar-refractivity contribution in [1.29, 1.82) is 0 Å². The number of hydrogen-bond acceptors (Lipinski definition) is 3. The highest BCUT2D eigenvalue weighted by atomic mass is 19.1. The van der Waals surface area contributed by atoms with Gasteiger partial charge in [0.1, 0.15) is 18.0 Å². The third-order valence-electron chi connectivity index (χ3n) is 5.55. The Labute approximate surface area is 194 Å². The third-order valence-corrected chi connectivity index (χ3v) is 5.55. The molecule has 5 rings (SSSR count). The average molecular weight is 454 g/mol. The van der Waals surface area contributed by atoms with E-state index in [0.717, 1.165) is 28.2 Å². The fraction of sp³-hybridized carbons (Fsp3) is 0.0370. The molecule has 0 radical (unpaired) electrons. The van der Waals surface area contributed by atoms with E-state index < -0.39 is 11.6 Å². The Morgan fingerprint density at radius 3 is 2.38 bits per heavy atom. The summed E-state index contributed by atoms with van der Waals surface area (Å²) in [5.41, 5.74) is 12.0. The van der Waals surface area contributed by atoms with Crippen molar-refractivity contribution in [3.05, 3.63) is 96.8 Å². The summed E-state index contributed by atoms with van der Waals surface area (Å²) in [5, 5.41) is 2.75. The van der Waals surface area contributed by atoms with Crippen LogP contribution in [0.5, 0.6) is 0 Å². The number of imidazole rings is 1. The number of rotatable bonds is 4. The van der Waals surface area contributed by atoms with Crippen molar-refractivity contribution in [2.75, 3.05) is 11.1 Å². The maximum Gasteiger partial charge on any atom is 0.221 e. The Balaban J connectivity index is 1.62. The molecule has 0 fully saturated rings. The molecule has 5 aromatic rings. The fourth-order valence-corrected chi connectivity index (χ4v) is 3.98. The molecule has 1 heterocycles. The average Bonchev–Trinajstić information content (AvgIpc) is 3.22. The molecule has 0 atom stereocenters. The van der Waals surface area contributed by atoms with Crippen LogP contribution in [0.1, 0.15) is 6.92 Å². The number of carbonyl (C=O) groups is 1.